The van der Waals surface area contributed by atoms with E-state index in [0.717, 1.165) is 17.2 Å². The van der Waals surface area contributed by atoms with E-state index in [4.69, 9.17) is 14.2 Å². The summed E-state index contributed by atoms with van der Waals surface area (Å²) >= 11 is 0. The largest absolute Gasteiger partial charge is 0.545 e. The van der Waals surface area contributed by atoms with E-state index >= 15 is 0 Å². The maximum absolute atomic E-state index is 10.4. The Morgan fingerprint density at radius 3 is 2.35 bits per heavy atom. The second-order valence-corrected chi connectivity index (χ2v) is 4.70. The number of methoxy groups -OCH3 is 2. The standard InChI is InChI=1S/C18H18O5/c1-21-16-9-5-14(11-17(16)22-2)12-23-15-7-3-13(4-8-15)6-10-18(19)20/h3-11H,12H2,1-2H3,(H,19,20)/p-1/b10-6+. The molecular weight excluding hydrogens is 296 g/mol. The fourth-order valence-electron chi connectivity index (χ4n) is 1.98. The number of carbonyl (C=O) groups excluding carboxylic acids is 1. The number of aliphatic carboxylic acids is 1. The van der Waals surface area contributed by atoms with Gasteiger partial charge in [0.05, 0.1) is 20.2 Å². The predicted molar refractivity (Wildman–Crippen MR) is 84.4 cm³/mol. The smallest absolute Gasteiger partial charge is 0.161 e. The fraction of sp³-hybridized carbons (Fsp3) is 0.167. The van der Waals surface area contributed by atoms with E-state index in [1.807, 2.05) is 18.2 Å². The van der Waals surface area contributed by atoms with Crippen LogP contribution in [-0.4, -0.2) is 20.2 Å². The van der Waals surface area contributed by atoms with Gasteiger partial charge >= 0.3 is 0 Å². The molecule has 0 saturated carbocycles. The Morgan fingerprint density at radius 1 is 1.04 bits per heavy atom. The lowest BCUT2D eigenvalue weighted by Gasteiger charge is -2.11. The molecule has 5 nitrogen and oxygen atoms in total. The van der Waals surface area contributed by atoms with E-state index < -0.39 is 5.97 Å². The SMILES string of the molecule is COc1ccc(COc2ccc(/C=C/C(=O)[O-])cc2)cc1OC. The van der Waals surface area contributed by atoms with Crippen LogP contribution < -0.4 is 19.3 Å². The number of benzene rings is 2. The molecule has 5 heteroatoms. The minimum atomic E-state index is -1.22. The third-order valence-corrected chi connectivity index (χ3v) is 3.15. The molecule has 120 valence electrons. The molecule has 0 radical (unpaired) electrons. The second-order valence-electron chi connectivity index (χ2n) is 4.70. The summed E-state index contributed by atoms with van der Waals surface area (Å²) < 4.78 is 16.1. The maximum Gasteiger partial charge on any atom is 0.161 e. The zero-order chi connectivity index (χ0) is 16.7. The second kappa shape index (κ2) is 7.89. The van der Waals surface area contributed by atoms with Gasteiger partial charge in [-0.1, -0.05) is 24.3 Å². The number of ether oxygens (including phenoxy) is 3. The van der Waals surface area contributed by atoms with E-state index in [1.165, 1.54) is 6.08 Å². The molecule has 2 aromatic rings. The van der Waals surface area contributed by atoms with E-state index in [-0.39, 0.29) is 0 Å². The van der Waals surface area contributed by atoms with Crippen molar-refractivity contribution in [2.75, 3.05) is 14.2 Å². The summed E-state index contributed by atoms with van der Waals surface area (Å²) in [6.45, 7) is 0.384. The number of carbonyl (C=O) groups is 1. The van der Waals surface area contributed by atoms with Gasteiger partial charge in [-0.05, 0) is 41.5 Å². The number of carboxylic acids is 1. The van der Waals surface area contributed by atoms with Crippen LogP contribution in [0.4, 0.5) is 0 Å². The van der Waals surface area contributed by atoms with E-state index in [9.17, 15) is 9.90 Å². The summed E-state index contributed by atoms with van der Waals surface area (Å²) in [6.07, 6.45) is 2.45. The Hall–Kier alpha value is -2.95. The molecule has 23 heavy (non-hydrogen) atoms. The molecule has 0 N–H and O–H groups in total. The lowest BCUT2D eigenvalue weighted by molar-refractivity contribution is -0.297. The highest BCUT2D eigenvalue weighted by Gasteiger charge is 2.05. The minimum Gasteiger partial charge on any atom is -0.545 e. The van der Waals surface area contributed by atoms with E-state index in [0.29, 0.717) is 23.9 Å². The first-order valence-corrected chi connectivity index (χ1v) is 6.95. The average Bonchev–Trinajstić information content (AvgIpc) is 2.58. The molecule has 0 saturated heterocycles. The summed E-state index contributed by atoms with van der Waals surface area (Å²) in [5.74, 6) is 0.779. The van der Waals surface area contributed by atoms with Crippen LogP contribution in [0.1, 0.15) is 11.1 Å². The van der Waals surface area contributed by atoms with Gasteiger partial charge in [0.2, 0.25) is 0 Å². The molecule has 0 aliphatic heterocycles. The van der Waals surface area contributed by atoms with E-state index in [2.05, 4.69) is 0 Å². The zero-order valence-corrected chi connectivity index (χ0v) is 12.9. The van der Waals surface area contributed by atoms with Crippen LogP contribution in [0.5, 0.6) is 17.2 Å². The lowest BCUT2D eigenvalue weighted by atomic mass is 10.2. The van der Waals surface area contributed by atoms with Crippen LogP contribution in [0.2, 0.25) is 0 Å². The van der Waals surface area contributed by atoms with Gasteiger partial charge in [-0.15, -0.1) is 0 Å². The van der Waals surface area contributed by atoms with Crippen LogP contribution in [0.15, 0.2) is 48.5 Å². The van der Waals surface area contributed by atoms with Crippen LogP contribution in [0.25, 0.3) is 6.08 Å². The number of carboxylic acid groups (broad SMARTS) is 1. The predicted octanol–water partition coefficient (Wildman–Crippen LogP) is 2.05. The molecule has 2 aromatic carbocycles. The summed E-state index contributed by atoms with van der Waals surface area (Å²) in [5, 5.41) is 10.4. The Labute approximate surface area is 134 Å². The third-order valence-electron chi connectivity index (χ3n) is 3.15. The van der Waals surface area contributed by atoms with Crippen molar-refractivity contribution in [3.63, 3.8) is 0 Å². The van der Waals surface area contributed by atoms with Crippen LogP contribution in [-0.2, 0) is 11.4 Å². The number of hydrogen-bond donors (Lipinski definition) is 0. The molecule has 0 aromatic heterocycles. The normalized spacial score (nSPS) is 10.5. The zero-order valence-electron chi connectivity index (χ0n) is 12.9. The number of rotatable bonds is 7. The first-order valence-electron chi connectivity index (χ1n) is 6.95. The highest BCUT2D eigenvalue weighted by Crippen LogP contribution is 2.28. The van der Waals surface area contributed by atoms with Gasteiger partial charge in [0.1, 0.15) is 12.4 Å². The molecule has 0 heterocycles. The summed E-state index contributed by atoms with van der Waals surface area (Å²) in [4.78, 5) is 10.4. The third kappa shape index (κ3) is 4.78. The molecule has 0 fully saturated rings. The maximum atomic E-state index is 10.4. The molecule has 2 rings (SSSR count). The Balaban J connectivity index is 1.99. The molecule has 0 unspecified atom stereocenters. The van der Waals surface area contributed by atoms with Gasteiger partial charge in [-0.25, -0.2) is 0 Å². The molecule has 0 aliphatic rings. The quantitative estimate of drug-likeness (QED) is 0.732. The van der Waals surface area contributed by atoms with Gasteiger partial charge in [0, 0.05) is 0 Å². The highest BCUT2D eigenvalue weighted by atomic mass is 16.5. The lowest BCUT2D eigenvalue weighted by Crippen LogP contribution is -2.18. The average molecular weight is 313 g/mol. The molecule has 0 amide bonds. The van der Waals surface area contributed by atoms with Crippen LogP contribution >= 0.6 is 0 Å². The Morgan fingerprint density at radius 2 is 1.74 bits per heavy atom. The molecule has 0 aliphatic carbocycles. The monoisotopic (exact) mass is 313 g/mol. The van der Waals surface area contributed by atoms with Gasteiger partial charge in [-0.2, -0.15) is 0 Å². The van der Waals surface area contributed by atoms with Crippen molar-refractivity contribution in [1.29, 1.82) is 0 Å². The minimum absolute atomic E-state index is 0.384. The van der Waals surface area contributed by atoms with Crippen molar-refractivity contribution in [3.8, 4) is 17.2 Å². The van der Waals surface area contributed by atoms with Crippen molar-refractivity contribution >= 4 is 12.0 Å². The fourth-order valence-corrected chi connectivity index (χ4v) is 1.98. The van der Waals surface area contributed by atoms with Crippen molar-refractivity contribution in [1.82, 2.24) is 0 Å². The summed E-state index contributed by atoms with van der Waals surface area (Å²) in [6, 6.07) is 12.7. The van der Waals surface area contributed by atoms with E-state index in [1.54, 1.807) is 38.5 Å². The molecule has 0 spiro atoms. The first-order chi connectivity index (χ1) is 11.1. The van der Waals surface area contributed by atoms with Gasteiger partial charge < -0.3 is 24.1 Å². The topological polar surface area (TPSA) is 67.8 Å². The van der Waals surface area contributed by atoms with Gasteiger partial charge in [0.25, 0.3) is 0 Å². The van der Waals surface area contributed by atoms with Crippen molar-refractivity contribution in [2.24, 2.45) is 0 Å². The number of hydrogen-bond acceptors (Lipinski definition) is 5. The van der Waals surface area contributed by atoms with Crippen molar-refractivity contribution in [3.05, 3.63) is 59.7 Å². The molecule has 0 bridgehead atoms. The van der Waals surface area contributed by atoms with Crippen LogP contribution in [0, 0.1) is 0 Å². The molecule has 0 atom stereocenters. The van der Waals surface area contributed by atoms with Crippen LogP contribution in [0.3, 0.4) is 0 Å². The summed E-state index contributed by atoms with van der Waals surface area (Å²) in [5.41, 5.74) is 1.70. The van der Waals surface area contributed by atoms with Crippen molar-refractivity contribution in [2.45, 2.75) is 6.61 Å². The molecular formula is C18H17O5-. The Bertz CT molecular complexity index is 689. The highest BCUT2D eigenvalue weighted by molar-refractivity contribution is 5.83. The van der Waals surface area contributed by atoms with Crippen molar-refractivity contribution < 1.29 is 24.1 Å². The van der Waals surface area contributed by atoms with Gasteiger partial charge in [-0.3, -0.25) is 0 Å². The first kappa shape index (κ1) is 16.4. The Kier molecular flexibility index (Phi) is 5.63. The van der Waals surface area contributed by atoms with Gasteiger partial charge in [0.15, 0.2) is 11.5 Å². The summed E-state index contributed by atoms with van der Waals surface area (Å²) in [7, 11) is 3.17.